The van der Waals surface area contributed by atoms with Crippen LogP contribution in [-0.2, 0) is 17.9 Å². The Hall–Kier alpha value is -2.98. The molecule has 0 radical (unpaired) electrons. The Morgan fingerprint density at radius 3 is 2.78 bits per heavy atom. The van der Waals surface area contributed by atoms with Crippen LogP contribution < -0.4 is 5.32 Å². The highest BCUT2D eigenvalue weighted by molar-refractivity contribution is 6.33. The lowest BCUT2D eigenvalue weighted by Gasteiger charge is -2.02. The van der Waals surface area contributed by atoms with Crippen LogP contribution in [0, 0.1) is 17.0 Å². The Balaban J connectivity index is 1.64. The second-order valence-corrected chi connectivity index (χ2v) is 6.40. The predicted octanol–water partition coefficient (Wildman–Crippen LogP) is 2.69. The van der Waals surface area contributed by atoms with Crippen LogP contribution in [0.1, 0.15) is 11.3 Å². The molecule has 0 aliphatic heterocycles. The third kappa shape index (κ3) is 4.41. The molecule has 3 rings (SSSR count). The van der Waals surface area contributed by atoms with E-state index in [4.69, 9.17) is 23.2 Å². The molecular weight excluding hydrogens is 397 g/mol. The SMILES string of the molecule is Cc1c(Cl)c([N+](=O)[O-])nn1CC(=O)Nc1ncn(Cc2cccc(Cl)c2)n1. The zero-order valence-electron chi connectivity index (χ0n) is 14.0. The molecule has 0 fully saturated rings. The van der Waals surface area contributed by atoms with Crippen molar-refractivity contribution in [2.75, 3.05) is 5.32 Å². The molecule has 0 unspecified atom stereocenters. The van der Waals surface area contributed by atoms with Crippen molar-refractivity contribution < 1.29 is 9.72 Å². The molecule has 1 N–H and O–H groups in total. The summed E-state index contributed by atoms with van der Waals surface area (Å²) in [4.78, 5) is 26.3. The molecule has 0 saturated carbocycles. The molecule has 2 aromatic heterocycles. The van der Waals surface area contributed by atoms with Gasteiger partial charge >= 0.3 is 5.82 Å². The predicted molar refractivity (Wildman–Crippen MR) is 97.8 cm³/mol. The molecule has 0 saturated heterocycles. The maximum Gasteiger partial charge on any atom is 0.408 e. The number of anilines is 1. The van der Waals surface area contributed by atoms with E-state index in [1.54, 1.807) is 16.8 Å². The summed E-state index contributed by atoms with van der Waals surface area (Å²) in [7, 11) is 0. The van der Waals surface area contributed by atoms with E-state index in [1.807, 2.05) is 12.1 Å². The van der Waals surface area contributed by atoms with E-state index in [1.165, 1.54) is 13.3 Å². The van der Waals surface area contributed by atoms with Gasteiger partial charge in [0.05, 0.1) is 17.3 Å². The number of benzene rings is 1. The van der Waals surface area contributed by atoms with Crippen molar-refractivity contribution in [2.24, 2.45) is 0 Å². The molecule has 10 nitrogen and oxygen atoms in total. The Kier molecular flexibility index (Phi) is 5.38. The Morgan fingerprint density at radius 1 is 1.33 bits per heavy atom. The summed E-state index contributed by atoms with van der Waals surface area (Å²) in [5.74, 6) is -0.883. The first-order valence-corrected chi connectivity index (χ1v) is 8.40. The maximum absolute atomic E-state index is 12.1. The number of hydrogen-bond acceptors (Lipinski definition) is 6. The number of hydrogen-bond donors (Lipinski definition) is 1. The average Bonchev–Trinajstić information content (AvgIpc) is 3.14. The van der Waals surface area contributed by atoms with Crippen LogP contribution >= 0.6 is 23.2 Å². The maximum atomic E-state index is 12.1. The monoisotopic (exact) mass is 409 g/mol. The second kappa shape index (κ2) is 7.72. The summed E-state index contributed by atoms with van der Waals surface area (Å²) in [5, 5.41) is 21.8. The quantitative estimate of drug-likeness (QED) is 0.493. The molecule has 140 valence electrons. The van der Waals surface area contributed by atoms with E-state index in [0.29, 0.717) is 17.3 Å². The van der Waals surface area contributed by atoms with Crippen LogP contribution in [0.2, 0.25) is 10.0 Å². The fourth-order valence-corrected chi connectivity index (χ4v) is 2.75. The van der Waals surface area contributed by atoms with E-state index in [0.717, 1.165) is 10.2 Å². The number of nitrogens with one attached hydrogen (secondary N) is 1. The van der Waals surface area contributed by atoms with Crippen molar-refractivity contribution >= 4 is 40.9 Å². The molecule has 3 aromatic rings. The highest BCUT2D eigenvalue weighted by atomic mass is 35.5. The van der Waals surface area contributed by atoms with Gasteiger partial charge in [0.15, 0.2) is 5.02 Å². The highest BCUT2D eigenvalue weighted by Gasteiger charge is 2.25. The first-order valence-electron chi connectivity index (χ1n) is 7.64. The van der Waals surface area contributed by atoms with E-state index in [-0.39, 0.29) is 17.5 Å². The lowest BCUT2D eigenvalue weighted by molar-refractivity contribution is -0.389. The molecule has 12 heteroatoms. The molecule has 1 amide bonds. The molecule has 27 heavy (non-hydrogen) atoms. The average molecular weight is 410 g/mol. The fourth-order valence-electron chi connectivity index (χ4n) is 2.33. The third-order valence-electron chi connectivity index (χ3n) is 3.60. The number of amides is 1. The summed E-state index contributed by atoms with van der Waals surface area (Å²) < 4.78 is 2.70. The standard InChI is InChI=1S/C15H13Cl2N7O3/c1-9-13(17)14(24(26)27)20-23(9)7-12(25)19-15-18-8-22(21-15)6-10-3-2-4-11(16)5-10/h2-5,8H,6-7H2,1H3,(H,19,21,25). The van der Waals surface area contributed by atoms with Crippen molar-refractivity contribution in [2.45, 2.75) is 20.0 Å². The number of carbonyl (C=O) groups is 1. The van der Waals surface area contributed by atoms with Crippen molar-refractivity contribution in [3.63, 3.8) is 0 Å². The van der Waals surface area contributed by atoms with Crippen molar-refractivity contribution in [1.82, 2.24) is 24.5 Å². The van der Waals surface area contributed by atoms with Gasteiger partial charge in [0.1, 0.15) is 12.9 Å². The van der Waals surface area contributed by atoms with Gasteiger partial charge in [0, 0.05) is 5.02 Å². The first kappa shape index (κ1) is 18.8. The highest BCUT2D eigenvalue weighted by Crippen LogP contribution is 2.26. The number of aromatic nitrogens is 5. The van der Waals surface area contributed by atoms with E-state index >= 15 is 0 Å². The smallest absolute Gasteiger partial charge is 0.358 e. The molecule has 0 aliphatic carbocycles. The van der Waals surface area contributed by atoms with E-state index in [9.17, 15) is 14.9 Å². The van der Waals surface area contributed by atoms with Crippen molar-refractivity contribution in [3.05, 3.63) is 62.0 Å². The molecule has 1 aromatic carbocycles. The number of nitro groups is 1. The number of rotatable bonds is 6. The van der Waals surface area contributed by atoms with Crippen molar-refractivity contribution in [1.29, 1.82) is 0 Å². The minimum Gasteiger partial charge on any atom is -0.358 e. The Morgan fingerprint density at radius 2 is 2.11 bits per heavy atom. The summed E-state index contributed by atoms with van der Waals surface area (Å²) in [6.07, 6.45) is 1.47. The van der Waals surface area contributed by atoms with Gasteiger partial charge in [-0.3, -0.25) is 10.1 Å². The molecule has 0 aliphatic rings. The lowest BCUT2D eigenvalue weighted by atomic mass is 10.2. The van der Waals surface area contributed by atoms with Gasteiger partial charge in [-0.05, 0) is 29.5 Å². The van der Waals surface area contributed by atoms with Gasteiger partial charge < -0.3 is 10.1 Å². The minimum atomic E-state index is -0.706. The normalized spacial score (nSPS) is 10.8. The van der Waals surface area contributed by atoms with Crippen LogP contribution in [0.25, 0.3) is 0 Å². The first-order chi connectivity index (χ1) is 12.8. The zero-order chi connectivity index (χ0) is 19.6. The van der Waals surface area contributed by atoms with Gasteiger partial charge in [-0.2, -0.15) is 4.68 Å². The topological polar surface area (TPSA) is 121 Å². The lowest BCUT2D eigenvalue weighted by Crippen LogP contribution is -2.21. The van der Waals surface area contributed by atoms with Crippen molar-refractivity contribution in [3.8, 4) is 0 Å². The molecular formula is C15H13Cl2N7O3. The minimum absolute atomic E-state index is 0.100. The van der Waals surface area contributed by atoms with Gasteiger partial charge in [-0.1, -0.05) is 35.3 Å². The van der Waals surface area contributed by atoms with E-state index < -0.39 is 16.6 Å². The second-order valence-electron chi connectivity index (χ2n) is 5.58. The van der Waals surface area contributed by atoms with Crippen LogP contribution in [0.5, 0.6) is 0 Å². The van der Waals surface area contributed by atoms with Crippen LogP contribution in [-0.4, -0.2) is 35.4 Å². The molecule has 0 atom stereocenters. The van der Waals surface area contributed by atoms with Crippen LogP contribution in [0.4, 0.5) is 11.8 Å². The Labute approximate surface area is 162 Å². The molecule has 2 heterocycles. The summed E-state index contributed by atoms with van der Waals surface area (Å²) in [6, 6.07) is 7.29. The number of nitrogens with zero attached hydrogens (tertiary/aromatic N) is 6. The summed E-state index contributed by atoms with van der Waals surface area (Å²) in [5.41, 5.74) is 1.25. The number of halogens is 2. The fraction of sp³-hybridized carbons (Fsp3) is 0.200. The largest absolute Gasteiger partial charge is 0.408 e. The zero-order valence-corrected chi connectivity index (χ0v) is 15.5. The molecule has 0 bridgehead atoms. The summed E-state index contributed by atoms with van der Waals surface area (Å²) >= 11 is 11.8. The molecule has 0 spiro atoms. The Bertz CT molecular complexity index is 1010. The third-order valence-corrected chi connectivity index (χ3v) is 4.28. The van der Waals surface area contributed by atoms with Gasteiger partial charge in [0.2, 0.25) is 5.95 Å². The van der Waals surface area contributed by atoms with Gasteiger partial charge in [-0.25, -0.2) is 9.67 Å². The summed E-state index contributed by atoms with van der Waals surface area (Å²) in [6.45, 7) is 1.71. The van der Waals surface area contributed by atoms with Gasteiger partial charge in [0.25, 0.3) is 5.91 Å². The van der Waals surface area contributed by atoms with E-state index in [2.05, 4.69) is 20.5 Å². The van der Waals surface area contributed by atoms with Gasteiger partial charge in [-0.15, -0.1) is 5.10 Å². The number of carbonyl (C=O) groups excluding carboxylic acids is 1. The van der Waals surface area contributed by atoms with Crippen LogP contribution in [0.15, 0.2) is 30.6 Å². The van der Waals surface area contributed by atoms with Crippen LogP contribution in [0.3, 0.4) is 0 Å².